The lowest BCUT2D eigenvalue weighted by Crippen LogP contribution is -2.28. The van der Waals surface area contributed by atoms with Gasteiger partial charge in [0.1, 0.15) is 4.32 Å². The summed E-state index contributed by atoms with van der Waals surface area (Å²) in [5.74, 6) is 0.320. The monoisotopic (exact) mass is 343 g/mol. The van der Waals surface area contributed by atoms with Crippen molar-refractivity contribution in [3.8, 4) is 0 Å². The predicted molar refractivity (Wildman–Crippen MR) is 95.4 cm³/mol. The summed E-state index contributed by atoms with van der Waals surface area (Å²) in [6, 6.07) is 0. The minimum Gasteiger partial charge on any atom is -0.358 e. The molecule has 0 atom stereocenters. The summed E-state index contributed by atoms with van der Waals surface area (Å²) >= 11 is 8.36. The number of amides is 1. The van der Waals surface area contributed by atoms with Crippen LogP contribution in [-0.4, -0.2) is 39.0 Å². The second-order valence-electron chi connectivity index (χ2n) is 4.87. The van der Waals surface area contributed by atoms with Gasteiger partial charge >= 0.3 is 0 Å². The van der Waals surface area contributed by atoms with E-state index in [1.54, 1.807) is 11.3 Å². The molecule has 1 N–H and O–H groups in total. The van der Waals surface area contributed by atoms with Crippen LogP contribution in [0.5, 0.6) is 0 Å². The van der Waals surface area contributed by atoms with Gasteiger partial charge in [0.15, 0.2) is 5.13 Å². The minimum atomic E-state index is -0.0272. The van der Waals surface area contributed by atoms with Crippen molar-refractivity contribution in [1.82, 2.24) is 9.88 Å². The zero-order valence-corrected chi connectivity index (χ0v) is 14.9. The van der Waals surface area contributed by atoms with E-state index in [1.165, 1.54) is 35.2 Å². The first-order valence-corrected chi connectivity index (χ1v) is 9.55. The SMILES string of the molecule is CCN(CC)C(=S)SCC(=O)Nc1nc2c(s1)CCCC2. The molecule has 2 rings (SSSR count). The molecule has 0 unspecified atom stereocenters. The van der Waals surface area contributed by atoms with Crippen molar-refractivity contribution in [3.63, 3.8) is 0 Å². The Labute approximate surface area is 139 Å². The summed E-state index contributed by atoms with van der Waals surface area (Å²) in [6.07, 6.45) is 4.58. The highest BCUT2D eigenvalue weighted by Crippen LogP contribution is 2.29. The van der Waals surface area contributed by atoms with Gasteiger partial charge in [-0.2, -0.15) is 0 Å². The zero-order valence-electron chi connectivity index (χ0n) is 12.5. The van der Waals surface area contributed by atoms with Gasteiger partial charge in [-0.05, 0) is 39.5 Å². The molecule has 0 saturated carbocycles. The van der Waals surface area contributed by atoms with Crippen molar-refractivity contribution in [3.05, 3.63) is 10.6 Å². The van der Waals surface area contributed by atoms with E-state index in [9.17, 15) is 4.79 Å². The van der Waals surface area contributed by atoms with Crippen molar-refractivity contribution < 1.29 is 4.79 Å². The Morgan fingerprint density at radius 1 is 1.38 bits per heavy atom. The van der Waals surface area contributed by atoms with Crippen LogP contribution in [0.3, 0.4) is 0 Å². The van der Waals surface area contributed by atoms with E-state index >= 15 is 0 Å². The molecular formula is C14H21N3OS3. The fourth-order valence-electron chi connectivity index (χ4n) is 2.26. The Balaban J connectivity index is 1.82. The van der Waals surface area contributed by atoms with Crippen molar-refractivity contribution in [2.24, 2.45) is 0 Å². The lowest BCUT2D eigenvalue weighted by atomic mass is 10.0. The first-order chi connectivity index (χ1) is 10.1. The molecule has 0 fully saturated rings. The van der Waals surface area contributed by atoms with Crippen LogP contribution in [-0.2, 0) is 17.6 Å². The van der Waals surface area contributed by atoms with Crippen molar-refractivity contribution in [2.75, 3.05) is 24.2 Å². The maximum Gasteiger partial charge on any atom is 0.236 e. The van der Waals surface area contributed by atoms with Crippen LogP contribution in [0.15, 0.2) is 0 Å². The van der Waals surface area contributed by atoms with Crippen LogP contribution >= 0.6 is 35.3 Å². The van der Waals surface area contributed by atoms with E-state index in [0.717, 1.165) is 35.4 Å². The van der Waals surface area contributed by atoms with Gasteiger partial charge in [0.25, 0.3) is 0 Å². The smallest absolute Gasteiger partial charge is 0.236 e. The number of nitrogens with one attached hydrogen (secondary N) is 1. The number of carbonyl (C=O) groups excluding carboxylic acids is 1. The number of anilines is 1. The number of rotatable bonds is 5. The number of nitrogens with zero attached hydrogens (tertiary/aromatic N) is 2. The van der Waals surface area contributed by atoms with Crippen LogP contribution in [0.4, 0.5) is 5.13 Å². The molecule has 1 heterocycles. The number of aromatic nitrogens is 1. The van der Waals surface area contributed by atoms with E-state index in [2.05, 4.69) is 29.0 Å². The summed E-state index contributed by atoms with van der Waals surface area (Å²) in [6.45, 7) is 5.89. The third-order valence-corrected chi connectivity index (χ3v) is 6.04. The van der Waals surface area contributed by atoms with Gasteiger partial charge in [0, 0.05) is 18.0 Å². The quantitative estimate of drug-likeness (QED) is 0.831. The van der Waals surface area contributed by atoms with Gasteiger partial charge in [-0.3, -0.25) is 4.79 Å². The first kappa shape index (κ1) is 16.7. The Morgan fingerprint density at radius 3 is 2.76 bits per heavy atom. The second-order valence-corrected chi connectivity index (χ2v) is 7.56. The largest absolute Gasteiger partial charge is 0.358 e. The van der Waals surface area contributed by atoms with Crippen LogP contribution in [0.1, 0.15) is 37.3 Å². The molecule has 0 aliphatic heterocycles. The van der Waals surface area contributed by atoms with Gasteiger partial charge in [-0.25, -0.2) is 4.98 Å². The molecule has 4 nitrogen and oxygen atoms in total. The second kappa shape index (κ2) is 8.10. The summed E-state index contributed by atoms with van der Waals surface area (Å²) < 4.78 is 0.786. The van der Waals surface area contributed by atoms with Crippen LogP contribution in [0.2, 0.25) is 0 Å². The maximum absolute atomic E-state index is 12.0. The van der Waals surface area contributed by atoms with Gasteiger partial charge < -0.3 is 10.2 Å². The maximum atomic E-state index is 12.0. The number of fused-ring (bicyclic) bond motifs is 1. The highest BCUT2D eigenvalue weighted by molar-refractivity contribution is 8.23. The molecule has 0 aromatic carbocycles. The fourth-order valence-corrected chi connectivity index (χ4v) is 4.53. The molecule has 0 saturated heterocycles. The van der Waals surface area contributed by atoms with Gasteiger partial charge in [0.05, 0.1) is 11.4 Å². The molecule has 7 heteroatoms. The molecule has 1 aliphatic carbocycles. The number of carbonyl (C=O) groups is 1. The highest BCUT2D eigenvalue weighted by Gasteiger charge is 2.16. The topological polar surface area (TPSA) is 45.2 Å². The lowest BCUT2D eigenvalue weighted by Gasteiger charge is -2.20. The van der Waals surface area contributed by atoms with E-state index in [0.29, 0.717) is 5.75 Å². The van der Waals surface area contributed by atoms with Crippen molar-refractivity contribution in [1.29, 1.82) is 0 Å². The molecule has 21 heavy (non-hydrogen) atoms. The van der Waals surface area contributed by atoms with Gasteiger partial charge in [-0.15, -0.1) is 11.3 Å². The predicted octanol–water partition coefficient (Wildman–Crippen LogP) is 3.32. The number of thiocarbonyl (C=S) groups is 1. The summed E-state index contributed by atoms with van der Waals surface area (Å²) in [4.78, 5) is 19.9. The molecule has 1 amide bonds. The fraction of sp³-hybridized carbons (Fsp3) is 0.643. The molecule has 116 valence electrons. The van der Waals surface area contributed by atoms with Crippen molar-refractivity contribution >= 4 is 50.7 Å². The third kappa shape index (κ3) is 4.66. The lowest BCUT2D eigenvalue weighted by molar-refractivity contribution is -0.113. The molecule has 1 aliphatic rings. The van der Waals surface area contributed by atoms with Crippen LogP contribution in [0.25, 0.3) is 0 Å². The molecule has 1 aromatic rings. The first-order valence-electron chi connectivity index (χ1n) is 7.34. The molecule has 0 spiro atoms. The summed E-state index contributed by atoms with van der Waals surface area (Å²) in [5, 5.41) is 3.64. The molecule has 0 bridgehead atoms. The number of hydrogen-bond donors (Lipinski definition) is 1. The standard InChI is InChI=1S/C14H21N3OS3/c1-3-17(4-2)14(19)20-9-12(18)16-13-15-10-7-5-6-8-11(10)21-13/h3-9H2,1-2H3,(H,15,16,18). The van der Waals surface area contributed by atoms with Crippen LogP contribution in [0, 0.1) is 0 Å². The number of thiazole rings is 1. The minimum absolute atomic E-state index is 0.0272. The Bertz CT molecular complexity index is 488. The molecular weight excluding hydrogens is 322 g/mol. The van der Waals surface area contributed by atoms with Gasteiger partial charge in [0.2, 0.25) is 5.91 Å². The summed E-state index contributed by atoms with van der Waals surface area (Å²) in [5.41, 5.74) is 1.17. The molecule has 1 aromatic heterocycles. The Morgan fingerprint density at radius 2 is 2.10 bits per heavy atom. The van der Waals surface area contributed by atoms with Gasteiger partial charge in [-0.1, -0.05) is 24.0 Å². The zero-order chi connectivity index (χ0) is 15.2. The van der Waals surface area contributed by atoms with E-state index < -0.39 is 0 Å². The van der Waals surface area contributed by atoms with E-state index in [-0.39, 0.29) is 5.91 Å². The van der Waals surface area contributed by atoms with E-state index in [4.69, 9.17) is 12.2 Å². The Kier molecular flexibility index (Phi) is 6.44. The number of hydrogen-bond acceptors (Lipinski definition) is 5. The average Bonchev–Trinajstić information content (AvgIpc) is 2.88. The van der Waals surface area contributed by atoms with Crippen LogP contribution < -0.4 is 5.32 Å². The van der Waals surface area contributed by atoms with Crippen molar-refractivity contribution in [2.45, 2.75) is 39.5 Å². The number of thioether (sulfide) groups is 1. The van der Waals surface area contributed by atoms with E-state index in [1.807, 2.05) is 0 Å². The third-order valence-electron chi connectivity index (χ3n) is 3.44. The normalized spacial score (nSPS) is 13.6. The Hall–Kier alpha value is -0.660. The average molecular weight is 344 g/mol. The highest BCUT2D eigenvalue weighted by atomic mass is 32.2. The summed E-state index contributed by atoms with van der Waals surface area (Å²) in [7, 11) is 0. The molecule has 0 radical (unpaired) electrons. The number of aryl methyl sites for hydroxylation is 2.